The molecule has 0 spiro atoms. The van der Waals surface area contributed by atoms with E-state index >= 15 is 0 Å². The average Bonchev–Trinajstić information content (AvgIpc) is 2.64. The minimum absolute atomic E-state index is 0. The van der Waals surface area contributed by atoms with Crippen LogP contribution in [-0.4, -0.2) is 43.2 Å². The van der Waals surface area contributed by atoms with Crippen LogP contribution in [0.3, 0.4) is 0 Å². The Morgan fingerprint density at radius 1 is 1.15 bits per heavy atom. The Hall–Kier alpha value is -1.86. The SMILES string of the molecule is Cl.Cl.NC(Cc1ccccc1)C(=O)Nc1ccc(N2CCOCC2)cn1. The van der Waals surface area contributed by atoms with Gasteiger partial charge in [-0.05, 0) is 24.1 Å². The number of aromatic nitrogens is 1. The largest absolute Gasteiger partial charge is 0.378 e. The molecule has 1 fully saturated rings. The molecule has 1 aliphatic heterocycles. The van der Waals surface area contributed by atoms with Crippen LogP contribution in [0.2, 0.25) is 0 Å². The minimum Gasteiger partial charge on any atom is -0.378 e. The van der Waals surface area contributed by atoms with E-state index < -0.39 is 6.04 Å². The van der Waals surface area contributed by atoms with Crippen LogP contribution in [0.5, 0.6) is 0 Å². The molecule has 26 heavy (non-hydrogen) atoms. The molecule has 1 unspecified atom stereocenters. The van der Waals surface area contributed by atoms with Crippen LogP contribution in [0.1, 0.15) is 5.56 Å². The van der Waals surface area contributed by atoms with Crippen molar-refractivity contribution in [3.63, 3.8) is 0 Å². The quantitative estimate of drug-likeness (QED) is 0.807. The van der Waals surface area contributed by atoms with Gasteiger partial charge in [0.05, 0.1) is 31.1 Å². The average molecular weight is 399 g/mol. The molecule has 1 aliphatic rings. The molecule has 1 atom stereocenters. The summed E-state index contributed by atoms with van der Waals surface area (Å²) in [5.41, 5.74) is 8.05. The molecule has 1 aromatic carbocycles. The summed E-state index contributed by atoms with van der Waals surface area (Å²) >= 11 is 0. The normalized spacial score (nSPS) is 14.6. The summed E-state index contributed by atoms with van der Waals surface area (Å²) in [6.07, 6.45) is 2.27. The molecule has 1 saturated heterocycles. The minimum atomic E-state index is -0.604. The van der Waals surface area contributed by atoms with Crippen LogP contribution >= 0.6 is 24.8 Å². The van der Waals surface area contributed by atoms with Crippen molar-refractivity contribution in [3.8, 4) is 0 Å². The molecule has 1 aromatic heterocycles. The van der Waals surface area contributed by atoms with Gasteiger partial charge >= 0.3 is 0 Å². The van der Waals surface area contributed by atoms with Gasteiger partial charge in [0.1, 0.15) is 5.82 Å². The van der Waals surface area contributed by atoms with E-state index in [9.17, 15) is 4.79 Å². The van der Waals surface area contributed by atoms with E-state index in [0.29, 0.717) is 12.2 Å². The number of carbonyl (C=O) groups excluding carboxylic acids is 1. The highest BCUT2D eigenvalue weighted by atomic mass is 35.5. The molecular formula is C18H24Cl2N4O2. The van der Waals surface area contributed by atoms with Gasteiger partial charge in [0, 0.05) is 13.1 Å². The fraction of sp³-hybridized carbons (Fsp3) is 0.333. The van der Waals surface area contributed by atoms with Gasteiger partial charge < -0.3 is 20.7 Å². The molecule has 6 nitrogen and oxygen atoms in total. The Labute approximate surface area is 165 Å². The predicted molar refractivity (Wildman–Crippen MR) is 109 cm³/mol. The second-order valence-corrected chi connectivity index (χ2v) is 5.79. The Bertz CT molecular complexity index is 665. The number of hydrogen-bond donors (Lipinski definition) is 2. The number of benzene rings is 1. The van der Waals surface area contributed by atoms with Crippen molar-refractivity contribution >= 4 is 42.2 Å². The Morgan fingerprint density at radius 2 is 1.85 bits per heavy atom. The van der Waals surface area contributed by atoms with Crippen molar-refractivity contribution in [2.24, 2.45) is 5.73 Å². The van der Waals surface area contributed by atoms with Crippen molar-refractivity contribution in [1.82, 2.24) is 4.98 Å². The van der Waals surface area contributed by atoms with Gasteiger partial charge in [-0.25, -0.2) is 4.98 Å². The van der Waals surface area contributed by atoms with E-state index in [1.54, 1.807) is 12.3 Å². The van der Waals surface area contributed by atoms with E-state index in [0.717, 1.165) is 37.6 Å². The molecule has 0 aliphatic carbocycles. The van der Waals surface area contributed by atoms with Crippen molar-refractivity contribution in [2.45, 2.75) is 12.5 Å². The maximum atomic E-state index is 12.2. The van der Waals surface area contributed by atoms with Gasteiger partial charge in [0.25, 0.3) is 0 Å². The third-order valence-corrected chi connectivity index (χ3v) is 4.01. The topological polar surface area (TPSA) is 80.5 Å². The van der Waals surface area contributed by atoms with E-state index in [4.69, 9.17) is 10.5 Å². The maximum Gasteiger partial charge on any atom is 0.242 e. The number of ether oxygens (including phenoxy) is 1. The summed E-state index contributed by atoms with van der Waals surface area (Å²) in [7, 11) is 0. The molecule has 1 amide bonds. The van der Waals surface area contributed by atoms with Crippen LogP contribution in [-0.2, 0) is 16.0 Å². The van der Waals surface area contributed by atoms with Gasteiger partial charge in [-0.2, -0.15) is 0 Å². The molecule has 0 saturated carbocycles. The first-order valence-electron chi connectivity index (χ1n) is 8.11. The zero-order valence-corrected chi connectivity index (χ0v) is 16.0. The van der Waals surface area contributed by atoms with Gasteiger partial charge in [-0.3, -0.25) is 4.79 Å². The molecule has 2 heterocycles. The van der Waals surface area contributed by atoms with Crippen molar-refractivity contribution in [2.75, 3.05) is 36.5 Å². The van der Waals surface area contributed by atoms with Crippen molar-refractivity contribution < 1.29 is 9.53 Å². The zero-order valence-electron chi connectivity index (χ0n) is 14.3. The Morgan fingerprint density at radius 3 is 2.46 bits per heavy atom. The number of nitrogens with zero attached hydrogens (tertiary/aromatic N) is 2. The second-order valence-electron chi connectivity index (χ2n) is 5.79. The third-order valence-electron chi connectivity index (χ3n) is 4.01. The lowest BCUT2D eigenvalue weighted by atomic mass is 10.1. The van der Waals surface area contributed by atoms with E-state index in [1.807, 2.05) is 36.4 Å². The number of halogens is 2. The van der Waals surface area contributed by atoms with Crippen LogP contribution in [0.15, 0.2) is 48.7 Å². The summed E-state index contributed by atoms with van der Waals surface area (Å²) in [5, 5.41) is 2.77. The number of carbonyl (C=O) groups is 1. The number of anilines is 2. The van der Waals surface area contributed by atoms with Crippen LogP contribution in [0, 0.1) is 0 Å². The summed E-state index contributed by atoms with van der Waals surface area (Å²) in [5.74, 6) is 0.283. The number of nitrogens with one attached hydrogen (secondary N) is 1. The van der Waals surface area contributed by atoms with Crippen LogP contribution in [0.4, 0.5) is 11.5 Å². The van der Waals surface area contributed by atoms with Crippen molar-refractivity contribution in [3.05, 3.63) is 54.2 Å². The number of hydrogen-bond acceptors (Lipinski definition) is 5. The van der Waals surface area contributed by atoms with Gasteiger partial charge in [0.2, 0.25) is 5.91 Å². The second kappa shape index (κ2) is 11.0. The Kier molecular flexibility index (Phi) is 9.37. The molecule has 3 N–H and O–H groups in total. The summed E-state index contributed by atoms with van der Waals surface area (Å²) in [4.78, 5) is 18.7. The summed E-state index contributed by atoms with van der Waals surface area (Å²) in [6.45, 7) is 3.17. The predicted octanol–water partition coefficient (Wildman–Crippen LogP) is 2.27. The number of pyridine rings is 1. The first-order valence-corrected chi connectivity index (χ1v) is 8.11. The molecule has 2 aromatic rings. The molecule has 8 heteroatoms. The molecule has 0 bridgehead atoms. The van der Waals surface area contributed by atoms with Gasteiger partial charge in [0.15, 0.2) is 0 Å². The standard InChI is InChI=1S/C18H22N4O2.2ClH/c19-16(12-14-4-2-1-3-5-14)18(23)21-17-7-6-15(13-20-17)22-8-10-24-11-9-22;;/h1-7,13,16H,8-12,19H2,(H,20,21,23);2*1H. The number of rotatable bonds is 5. The van der Waals surface area contributed by atoms with Gasteiger partial charge in [-0.1, -0.05) is 30.3 Å². The third kappa shape index (κ3) is 6.14. The van der Waals surface area contributed by atoms with Crippen molar-refractivity contribution in [1.29, 1.82) is 0 Å². The Balaban J connectivity index is 0.00000169. The molecule has 0 radical (unpaired) electrons. The van der Waals surface area contributed by atoms with E-state index in [2.05, 4.69) is 15.2 Å². The highest BCUT2D eigenvalue weighted by Crippen LogP contribution is 2.16. The molecule has 142 valence electrons. The maximum absolute atomic E-state index is 12.2. The van der Waals surface area contributed by atoms with Crippen LogP contribution in [0.25, 0.3) is 0 Å². The first-order chi connectivity index (χ1) is 11.7. The smallest absolute Gasteiger partial charge is 0.242 e. The number of amides is 1. The molecular weight excluding hydrogens is 375 g/mol. The lowest BCUT2D eigenvalue weighted by Gasteiger charge is -2.28. The molecule has 3 rings (SSSR count). The van der Waals surface area contributed by atoms with E-state index in [1.165, 1.54) is 0 Å². The monoisotopic (exact) mass is 398 g/mol. The number of morpholine rings is 1. The highest BCUT2D eigenvalue weighted by molar-refractivity contribution is 5.94. The first kappa shape index (κ1) is 22.2. The lowest BCUT2D eigenvalue weighted by Crippen LogP contribution is -2.38. The van der Waals surface area contributed by atoms with E-state index in [-0.39, 0.29) is 30.7 Å². The fourth-order valence-corrected chi connectivity index (χ4v) is 2.65. The summed E-state index contributed by atoms with van der Waals surface area (Å²) < 4.78 is 5.34. The van der Waals surface area contributed by atoms with Gasteiger partial charge in [-0.15, -0.1) is 24.8 Å². The zero-order chi connectivity index (χ0) is 16.8. The fourth-order valence-electron chi connectivity index (χ4n) is 2.65. The van der Waals surface area contributed by atoms with Crippen LogP contribution < -0.4 is 16.0 Å². The number of nitrogens with two attached hydrogens (primary N) is 1. The lowest BCUT2D eigenvalue weighted by molar-refractivity contribution is -0.117. The summed E-state index contributed by atoms with van der Waals surface area (Å²) in [6, 6.07) is 12.9. The highest BCUT2D eigenvalue weighted by Gasteiger charge is 2.15.